The highest BCUT2D eigenvalue weighted by Gasteiger charge is 2.28. The number of thioether (sulfide) groups is 1. The van der Waals surface area contributed by atoms with Gasteiger partial charge >= 0.3 is 5.97 Å². The molecule has 1 atom stereocenters. The van der Waals surface area contributed by atoms with E-state index in [2.05, 4.69) is 5.32 Å². The third-order valence-corrected chi connectivity index (χ3v) is 6.95. The number of aryl methyl sites for hydroxylation is 1. The summed E-state index contributed by atoms with van der Waals surface area (Å²) in [5, 5.41) is 3.95. The van der Waals surface area contributed by atoms with Crippen molar-refractivity contribution in [2.45, 2.75) is 49.7 Å². The molecule has 3 rings (SSSR count). The van der Waals surface area contributed by atoms with E-state index in [-0.39, 0.29) is 17.1 Å². The third kappa shape index (κ3) is 4.86. The van der Waals surface area contributed by atoms with Crippen molar-refractivity contribution < 1.29 is 14.3 Å². The molecule has 0 unspecified atom stereocenters. The van der Waals surface area contributed by atoms with Gasteiger partial charge in [0.1, 0.15) is 5.00 Å². The third-order valence-electron chi connectivity index (χ3n) is 4.38. The molecule has 0 bridgehead atoms. The van der Waals surface area contributed by atoms with E-state index in [9.17, 15) is 9.59 Å². The molecule has 1 aromatic heterocycles. The number of fused-ring (bicyclic) bond motifs is 1. The lowest BCUT2D eigenvalue weighted by molar-refractivity contribution is -0.115. The van der Waals surface area contributed by atoms with Crippen LogP contribution in [-0.2, 0) is 22.4 Å². The zero-order valence-electron chi connectivity index (χ0n) is 15.3. The number of rotatable bonds is 6. The maximum absolute atomic E-state index is 12.7. The van der Waals surface area contributed by atoms with Crippen molar-refractivity contribution in [3.63, 3.8) is 0 Å². The average Bonchev–Trinajstić information content (AvgIpc) is 3.01. The van der Waals surface area contributed by atoms with Crippen molar-refractivity contribution in [1.29, 1.82) is 0 Å². The molecule has 0 aliphatic heterocycles. The van der Waals surface area contributed by atoms with Gasteiger partial charge in [-0.3, -0.25) is 4.79 Å². The van der Waals surface area contributed by atoms with E-state index in [0.717, 1.165) is 36.1 Å². The number of anilines is 1. The largest absolute Gasteiger partial charge is 0.462 e. The van der Waals surface area contributed by atoms with Gasteiger partial charge in [-0.15, -0.1) is 23.1 Å². The molecule has 1 aliphatic carbocycles. The number of esters is 1. The fourth-order valence-corrected chi connectivity index (χ4v) is 5.33. The minimum absolute atomic E-state index is 0.126. The van der Waals surface area contributed by atoms with Gasteiger partial charge in [0.15, 0.2) is 0 Å². The molecule has 1 amide bonds. The van der Waals surface area contributed by atoms with Crippen molar-refractivity contribution in [2.24, 2.45) is 0 Å². The van der Waals surface area contributed by atoms with E-state index < -0.39 is 0 Å². The molecule has 1 heterocycles. The number of hydrogen-bond acceptors (Lipinski definition) is 5. The van der Waals surface area contributed by atoms with Crippen LogP contribution in [0.1, 0.15) is 47.5 Å². The Bertz CT molecular complexity index is 832. The molecular weight excluding hydrogens is 402 g/mol. The number of nitrogens with one attached hydrogen (secondary N) is 1. The van der Waals surface area contributed by atoms with Crippen molar-refractivity contribution >= 4 is 51.6 Å². The summed E-state index contributed by atoms with van der Waals surface area (Å²) in [5.74, 6) is -0.468. The van der Waals surface area contributed by atoms with Gasteiger partial charge < -0.3 is 10.1 Å². The fraction of sp³-hybridized carbons (Fsp3) is 0.400. The number of thiophene rings is 1. The van der Waals surface area contributed by atoms with Crippen LogP contribution in [0.3, 0.4) is 0 Å². The summed E-state index contributed by atoms with van der Waals surface area (Å²) in [6.45, 7) is 3.96. The Morgan fingerprint density at radius 1 is 1.26 bits per heavy atom. The molecule has 2 aromatic rings. The summed E-state index contributed by atoms with van der Waals surface area (Å²) >= 11 is 8.88. The molecular formula is C20H22ClNO3S2. The molecule has 4 nitrogen and oxygen atoms in total. The number of ether oxygens (including phenoxy) is 1. The SMILES string of the molecule is CCOC(=O)c1c(NC(=O)[C@H](C)Sc2ccc(Cl)cc2)sc2c1CCCC2. The van der Waals surface area contributed by atoms with Crippen LogP contribution in [0, 0.1) is 0 Å². The summed E-state index contributed by atoms with van der Waals surface area (Å²) < 4.78 is 5.24. The zero-order valence-corrected chi connectivity index (χ0v) is 17.7. The summed E-state index contributed by atoms with van der Waals surface area (Å²) in [5.41, 5.74) is 1.60. The van der Waals surface area contributed by atoms with Crippen LogP contribution in [0.4, 0.5) is 5.00 Å². The highest BCUT2D eigenvalue weighted by atomic mass is 35.5. The Hall–Kier alpha value is -1.50. The van der Waals surface area contributed by atoms with Gasteiger partial charge in [0.05, 0.1) is 17.4 Å². The summed E-state index contributed by atoms with van der Waals surface area (Å²) in [7, 11) is 0. The van der Waals surface area contributed by atoms with Gasteiger partial charge in [-0.2, -0.15) is 0 Å². The molecule has 27 heavy (non-hydrogen) atoms. The van der Waals surface area contributed by atoms with Crippen LogP contribution in [0.25, 0.3) is 0 Å². The Labute approximate surface area is 172 Å². The highest BCUT2D eigenvalue weighted by molar-refractivity contribution is 8.00. The normalized spacial score (nSPS) is 14.3. The monoisotopic (exact) mass is 423 g/mol. The quantitative estimate of drug-likeness (QED) is 0.487. The van der Waals surface area contributed by atoms with E-state index in [0.29, 0.717) is 22.2 Å². The minimum Gasteiger partial charge on any atom is -0.462 e. The predicted molar refractivity (Wildman–Crippen MR) is 112 cm³/mol. The average molecular weight is 424 g/mol. The van der Waals surface area contributed by atoms with E-state index in [1.54, 1.807) is 19.1 Å². The molecule has 7 heteroatoms. The molecule has 1 aromatic carbocycles. The molecule has 144 valence electrons. The highest BCUT2D eigenvalue weighted by Crippen LogP contribution is 2.39. The van der Waals surface area contributed by atoms with Gasteiger partial charge in [0.25, 0.3) is 0 Å². The van der Waals surface area contributed by atoms with Crippen LogP contribution >= 0.6 is 34.7 Å². The summed E-state index contributed by atoms with van der Waals surface area (Å²) in [6, 6.07) is 7.40. The smallest absolute Gasteiger partial charge is 0.341 e. The van der Waals surface area contributed by atoms with Crippen molar-refractivity contribution in [3.05, 3.63) is 45.3 Å². The van der Waals surface area contributed by atoms with Crippen molar-refractivity contribution in [2.75, 3.05) is 11.9 Å². The lowest BCUT2D eigenvalue weighted by Gasteiger charge is -2.13. The summed E-state index contributed by atoms with van der Waals surface area (Å²) in [4.78, 5) is 27.4. The number of carbonyl (C=O) groups excluding carboxylic acids is 2. The van der Waals surface area contributed by atoms with Crippen LogP contribution in [-0.4, -0.2) is 23.7 Å². The van der Waals surface area contributed by atoms with E-state index in [1.807, 2.05) is 19.1 Å². The van der Waals surface area contributed by atoms with E-state index in [1.165, 1.54) is 28.0 Å². The van der Waals surface area contributed by atoms with Gasteiger partial charge in [-0.1, -0.05) is 11.6 Å². The minimum atomic E-state index is -0.342. The molecule has 0 saturated carbocycles. The second-order valence-electron chi connectivity index (χ2n) is 6.34. The molecule has 1 N–H and O–H groups in total. The van der Waals surface area contributed by atoms with Gasteiger partial charge in [-0.05, 0) is 69.4 Å². The van der Waals surface area contributed by atoms with Gasteiger partial charge in [-0.25, -0.2) is 4.79 Å². The lowest BCUT2D eigenvalue weighted by atomic mass is 9.95. The molecule has 0 radical (unpaired) electrons. The zero-order chi connectivity index (χ0) is 19.4. The van der Waals surface area contributed by atoms with E-state index >= 15 is 0 Å². The first-order valence-corrected chi connectivity index (χ1v) is 11.1. The number of halogens is 1. The number of carbonyl (C=O) groups is 2. The number of amides is 1. The maximum atomic E-state index is 12.7. The van der Waals surface area contributed by atoms with Crippen LogP contribution < -0.4 is 5.32 Å². The molecule has 0 spiro atoms. The Morgan fingerprint density at radius 2 is 1.96 bits per heavy atom. The first kappa shape index (κ1) is 20.2. The summed E-state index contributed by atoms with van der Waals surface area (Å²) in [6.07, 6.45) is 4.00. The molecule has 0 saturated heterocycles. The lowest BCUT2D eigenvalue weighted by Crippen LogP contribution is -2.23. The Morgan fingerprint density at radius 3 is 2.67 bits per heavy atom. The van der Waals surface area contributed by atoms with Crippen LogP contribution in [0.2, 0.25) is 5.02 Å². The second kappa shape index (κ2) is 9.13. The topological polar surface area (TPSA) is 55.4 Å². The van der Waals surface area contributed by atoms with Gasteiger partial charge in [0, 0.05) is 14.8 Å². The van der Waals surface area contributed by atoms with Crippen LogP contribution in [0.15, 0.2) is 29.2 Å². The second-order valence-corrected chi connectivity index (χ2v) is 9.29. The van der Waals surface area contributed by atoms with Crippen LogP contribution in [0.5, 0.6) is 0 Å². The molecule has 0 fully saturated rings. The number of benzene rings is 1. The fourth-order valence-electron chi connectivity index (χ4n) is 3.06. The standard InChI is InChI=1S/C20H22ClNO3S2/c1-3-25-20(24)17-15-6-4-5-7-16(15)27-19(17)22-18(23)12(2)26-14-10-8-13(21)9-11-14/h8-12H,3-7H2,1-2H3,(H,22,23)/t12-/m0/s1. The maximum Gasteiger partial charge on any atom is 0.341 e. The first-order valence-electron chi connectivity index (χ1n) is 9.04. The Balaban J connectivity index is 1.77. The van der Waals surface area contributed by atoms with Crippen molar-refractivity contribution in [3.8, 4) is 0 Å². The Kier molecular flexibility index (Phi) is 6.84. The van der Waals surface area contributed by atoms with Crippen molar-refractivity contribution in [1.82, 2.24) is 0 Å². The first-order chi connectivity index (χ1) is 13.0. The molecule has 1 aliphatic rings. The number of hydrogen-bond donors (Lipinski definition) is 1. The van der Waals surface area contributed by atoms with E-state index in [4.69, 9.17) is 16.3 Å². The predicted octanol–water partition coefficient (Wildman–Crippen LogP) is 5.58. The van der Waals surface area contributed by atoms with Gasteiger partial charge in [0.2, 0.25) is 5.91 Å².